The van der Waals surface area contributed by atoms with Gasteiger partial charge in [-0.05, 0) is 30.0 Å². The van der Waals surface area contributed by atoms with E-state index in [2.05, 4.69) is 4.98 Å². The molecule has 1 aromatic heterocycles. The summed E-state index contributed by atoms with van der Waals surface area (Å²) in [6.45, 7) is 0.647. The number of hydrogen-bond donors (Lipinski definition) is 0. The summed E-state index contributed by atoms with van der Waals surface area (Å²) in [6.07, 6.45) is 2.69. The number of rotatable bonds is 1. The van der Waals surface area contributed by atoms with Crippen LogP contribution in [0.2, 0.25) is 0 Å². The van der Waals surface area contributed by atoms with Crippen LogP contribution in [0.1, 0.15) is 18.7 Å². The fourth-order valence-electron chi connectivity index (χ4n) is 2.39. The number of fused-ring (bicyclic) bond motifs is 1. The van der Waals surface area contributed by atoms with E-state index in [9.17, 15) is 9.90 Å². The summed E-state index contributed by atoms with van der Waals surface area (Å²) in [4.78, 5) is 15.5. The molecule has 0 saturated heterocycles. The van der Waals surface area contributed by atoms with Crippen molar-refractivity contribution in [3.05, 3.63) is 46.6 Å². The smallest absolute Gasteiger partial charge is 0.483 e. The molecule has 1 aliphatic rings. The monoisotopic (exact) mass is 243 g/mol. The molecule has 0 spiro atoms. The van der Waals surface area contributed by atoms with Gasteiger partial charge in [-0.2, -0.15) is 4.57 Å². The van der Waals surface area contributed by atoms with Crippen molar-refractivity contribution >= 4 is 0 Å². The van der Waals surface area contributed by atoms with Crippen LogP contribution in [0.15, 0.2) is 35.1 Å². The van der Waals surface area contributed by atoms with Gasteiger partial charge in [-0.15, -0.1) is 0 Å². The van der Waals surface area contributed by atoms with Crippen LogP contribution in [0.25, 0.3) is 5.69 Å². The number of aromatic nitrogens is 3. The molecule has 2 heterocycles. The first-order valence-electron chi connectivity index (χ1n) is 6.05. The zero-order valence-electron chi connectivity index (χ0n) is 9.87. The minimum atomic E-state index is -0.487. The molecule has 0 atom stereocenters. The SMILES string of the molecule is O=c1nc([O-])[n+]2c(n1-c1ccccc1)CCCC2. The van der Waals surface area contributed by atoms with Crippen molar-refractivity contribution in [2.45, 2.75) is 25.8 Å². The van der Waals surface area contributed by atoms with Crippen molar-refractivity contribution in [1.29, 1.82) is 0 Å². The van der Waals surface area contributed by atoms with Crippen molar-refractivity contribution in [2.75, 3.05) is 0 Å². The summed E-state index contributed by atoms with van der Waals surface area (Å²) in [5.74, 6) is 0.762. The molecule has 5 nitrogen and oxygen atoms in total. The Morgan fingerprint density at radius 2 is 2.00 bits per heavy atom. The van der Waals surface area contributed by atoms with Crippen LogP contribution in [0.5, 0.6) is 6.01 Å². The Kier molecular flexibility index (Phi) is 2.59. The summed E-state index contributed by atoms with van der Waals surface area (Å²) >= 11 is 0. The van der Waals surface area contributed by atoms with E-state index in [0.29, 0.717) is 6.54 Å². The summed E-state index contributed by atoms with van der Waals surface area (Å²) in [5, 5.41) is 11.7. The first kappa shape index (κ1) is 11.0. The molecule has 0 saturated carbocycles. The van der Waals surface area contributed by atoms with Crippen molar-refractivity contribution in [3.8, 4) is 11.7 Å². The van der Waals surface area contributed by atoms with E-state index in [1.165, 1.54) is 0 Å². The Hall–Kier alpha value is -2.17. The number of hydrogen-bond acceptors (Lipinski definition) is 3. The molecule has 1 aromatic carbocycles. The van der Waals surface area contributed by atoms with Gasteiger partial charge in [0.25, 0.3) is 0 Å². The molecule has 3 rings (SSSR count). The van der Waals surface area contributed by atoms with Gasteiger partial charge in [-0.1, -0.05) is 18.2 Å². The van der Waals surface area contributed by atoms with Crippen LogP contribution >= 0.6 is 0 Å². The van der Waals surface area contributed by atoms with E-state index in [4.69, 9.17) is 0 Å². The molecule has 0 amide bonds. The lowest BCUT2D eigenvalue weighted by molar-refractivity contribution is -0.753. The first-order valence-corrected chi connectivity index (χ1v) is 6.05. The summed E-state index contributed by atoms with van der Waals surface area (Å²) < 4.78 is 3.15. The average molecular weight is 243 g/mol. The molecule has 0 aliphatic carbocycles. The molecule has 92 valence electrons. The van der Waals surface area contributed by atoms with E-state index in [1.54, 1.807) is 9.13 Å². The highest BCUT2D eigenvalue weighted by Gasteiger charge is 2.23. The predicted octanol–water partition coefficient (Wildman–Crippen LogP) is -0.0701. The molecule has 5 heteroatoms. The topological polar surface area (TPSA) is 61.8 Å². The molecule has 0 unspecified atom stereocenters. The Bertz CT molecular complexity index is 635. The van der Waals surface area contributed by atoms with Gasteiger partial charge in [0.15, 0.2) is 0 Å². The van der Waals surface area contributed by atoms with Crippen LogP contribution in [-0.2, 0) is 13.0 Å². The molecular formula is C13H13N3O2. The molecular weight excluding hydrogens is 230 g/mol. The summed E-state index contributed by atoms with van der Waals surface area (Å²) in [5.41, 5.74) is 0.278. The van der Waals surface area contributed by atoms with E-state index in [0.717, 1.165) is 30.8 Å². The maximum atomic E-state index is 12.0. The van der Waals surface area contributed by atoms with Gasteiger partial charge in [-0.25, -0.2) is 9.36 Å². The third-order valence-electron chi connectivity index (χ3n) is 3.23. The highest BCUT2D eigenvalue weighted by Crippen LogP contribution is 2.12. The highest BCUT2D eigenvalue weighted by atomic mass is 16.3. The maximum absolute atomic E-state index is 12.0. The zero-order chi connectivity index (χ0) is 12.5. The Labute approximate surface area is 104 Å². The number of para-hydroxylation sites is 1. The fourth-order valence-corrected chi connectivity index (χ4v) is 2.39. The summed E-state index contributed by atoms with van der Waals surface area (Å²) in [6, 6.07) is 8.90. The van der Waals surface area contributed by atoms with Crippen molar-refractivity contribution in [1.82, 2.24) is 9.55 Å². The zero-order valence-corrected chi connectivity index (χ0v) is 9.87. The van der Waals surface area contributed by atoms with Gasteiger partial charge in [-0.3, -0.25) is 0 Å². The van der Waals surface area contributed by atoms with Gasteiger partial charge in [0.1, 0.15) is 5.69 Å². The molecule has 1 aliphatic heterocycles. The highest BCUT2D eigenvalue weighted by molar-refractivity contribution is 5.31. The van der Waals surface area contributed by atoms with Gasteiger partial charge in [0.2, 0.25) is 11.8 Å². The van der Waals surface area contributed by atoms with E-state index in [1.807, 2.05) is 30.3 Å². The lowest BCUT2D eigenvalue weighted by Gasteiger charge is -2.19. The molecule has 2 aromatic rings. The third kappa shape index (κ3) is 1.68. The number of nitrogens with zero attached hydrogens (tertiary/aromatic N) is 3. The van der Waals surface area contributed by atoms with Crippen LogP contribution in [-0.4, -0.2) is 9.55 Å². The quantitative estimate of drug-likeness (QED) is 0.659. The van der Waals surface area contributed by atoms with Crippen molar-refractivity contribution in [3.63, 3.8) is 0 Å². The molecule has 0 N–H and O–H groups in total. The van der Waals surface area contributed by atoms with Crippen LogP contribution in [0.3, 0.4) is 0 Å². The second kappa shape index (κ2) is 4.25. The number of benzene rings is 1. The van der Waals surface area contributed by atoms with Gasteiger partial charge < -0.3 is 5.11 Å². The molecule has 0 fully saturated rings. The van der Waals surface area contributed by atoms with Crippen molar-refractivity contribution < 1.29 is 9.67 Å². The predicted molar refractivity (Wildman–Crippen MR) is 62.4 cm³/mol. The van der Waals surface area contributed by atoms with E-state index in [-0.39, 0.29) is 0 Å². The summed E-state index contributed by atoms with van der Waals surface area (Å²) in [7, 11) is 0. The Balaban J connectivity index is 2.29. The Morgan fingerprint density at radius 1 is 1.22 bits per heavy atom. The maximum Gasteiger partial charge on any atom is 0.483 e. The van der Waals surface area contributed by atoms with Crippen LogP contribution in [0.4, 0.5) is 0 Å². The second-order valence-corrected chi connectivity index (χ2v) is 4.37. The minimum absolute atomic E-state index is 0.429. The van der Waals surface area contributed by atoms with Crippen LogP contribution in [0, 0.1) is 0 Å². The average Bonchev–Trinajstić information content (AvgIpc) is 2.40. The van der Waals surface area contributed by atoms with Gasteiger partial charge in [0.05, 0.1) is 6.54 Å². The standard InChI is InChI=1S/C13H13N3O2/c17-12-14-13(18)16(10-6-2-1-3-7-10)11-8-4-5-9-15(11)12/h1-3,6-7H,4-5,8-9H2. The van der Waals surface area contributed by atoms with Crippen LogP contribution < -0.4 is 15.4 Å². The Morgan fingerprint density at radius 3 is 2.78 bits per heavy atom. The lowest BCUT2D eigenvalue weighted by Crippen LogP contribution is -2.51. The van der Waals surface area contributed by atoms with Gasteiger partial charge >= 0.3 is 5.69 Å². The van der Waals surface area contributed by atoms with E-state index >= 15 is 0 Å². The molecule has 0 bridgehead atoms. The van der Waals surface area contributed by atoms with Crippen molar-refractivity contribution in [2.24, 2.45) is 0 Å². The second-order valence-electron chi connectivity index (χ2n) is 4.37. The minimum Gasteiger partial charge on any atom is -0.820 e. The molecule has 0 radical (unpaired) electrons. The lowest BCUT2D eigenvalue weighted by atomic mass is 10.1. The third-order valence-corrected chi connectivity index (χ3v) is 3.23. The molecule has 18 heavy (non-hydrogen) atoms. The normalized spacial score (nSPS) is 14.2. The first-order chi connectivity index (χ1) is 8.77. The van der Waals surface area contributed by atoms with Gasteiger partial charge in [0, 0.05) is 6.42 Å². The fraction of sp³-hybridized carbons (Fsp3) is 0.308. The van der Waals surface area contributed by atoms with E-state index < -0.39 is 11.7 Å². The largest absolute Gasteiger partial charge is 0.820 e.